The van der Waals surface area contributed by atoms with Crippen molar-refractivity contribution in [3.8, 4) is 0 Å². The van der Waals surface area contributed by atoms with E-state index >= 15 is 0 Å². The molecule has 1 N–H and O–H groups in total. The molecular formula is C15H20N2O. The van der Waals surface area contributed by atoms with E-state index < -0.39 is 0 Å². The summed E-state index contributed by atoms with van der Waals surface area (Å²) >= 11 is 0. The van der Waals surface area contributed by atoms with Gasteiger partial charge in [0, 0.05) is 13.0 Å². The van der Waals surface area contributed by atoms with E-state index in [1.807, 2.05) is 4.90 Å². The molecule has 0 aromatic heterocycles. The molecule has 2 fully saturated rings. The number of rotatable bonds is 1. The quantitative estimate of drug-likeness (QED) is 0.820. The first-order valence-electron chi connectivity index (χ1n) is 6.77. The Balaban J connectivity index is 2.09. The zero-order chi connectivity index (χ0) is 12.8. The van der Waals surface area contributed by atoms with Crippen LogP contribution in [-0.2, 0) is 10.5 Å². The third-order valence-electron chi connectivity index (χ3n) is 4.27. The molecule has 3 rings (SSSR count). The zero-order valence-electron chi connectivity index (χ0n) is 11.1. The summed E-state index contributed by atoms with van der Waals surface area (Å²) in [5, 5.41) is 3.61. The minimum absolute atomic E-state index is 0.229. The fourth-order valence-corrected chi connectivity index (χ4v) is 3.46. The van der Waals surface area contributed by atoms with Crippen molar-refractivity contribution in [1.29, 1.82) is 0 Å². The van der Waals surface area contributed by atoms with Crippen LogP contribution in [0.25, 0.3) is 0 Å². The van der Waals surface area contributed by atoms with Crippen LogP contribution in [0, 0.1) is 13.8 Å². The number of amides is 1. The van der Waals surface area contributed by atoms with E-state index in [-0.39, 0.29) is 5.66 Å². The molecule has 2 heterocycles. The van der Waals surface area contributed by atoms with Gasteiger partial charge >= 0.3 is 0 Å². The topological polar surface area (TPSA) is 32.3 Å². The van der Waals surface area contributed by atoms with Crippen molar-refractivity contribution in [3.05, 3.63) is 34.9 Å². The molecule has 1 unspecified atom stereocenters. The number of nitrogens with zero attached hydrogens (tertiary/aromatic N) is 1. The average Bonchev–Trinajstić information content (AvgIpc) is 2.68. The molecule has 96 valence electrons. The van der Waals surface area contributed by atoms with E-state index in [0.717, 1.165) is 25.9 Å². The Bertz CT molecular complexity index is 497. The van der Waals surface area contributed by atoms with Crippen LogP contribution in [0.15, 0.2) is 18.2 Å². The molecule has 1 aromatic rings. The first-order valence-corrected chi connectivity index (χ1v) is 6.77. The van der Waals surface area contributed by atoms with Crippen molar-refractivity contribution >= 4 is 5.91 Å². The van der Waals surface area contributed by atoms with Gasteiger partial charge in [0.05, 0.1) is 0 Å². The van der Waals surface area contributed by atoms with Crippen LogP contribution in [0.4, 0.5) is 0 Å². The molecule has 0 aliphatic carbocycles. The molecule has 2 aliphatic heterocycles. The molecule has 0 spiro atoms. The Morgan fingerprint density at radius 1 is 1.33 bits per heavy atom. The Kier molecular flexibility index (Phi) is 2.67. The second-order valence-electron chi connectivity index (χ2n) is 5.50. The minimum atomic E-state index is -0.229. The Labute approximate surface area is 108 Å². The molecule has 1 amide bonds. The van der Waals surface area contributed by atoms with Gasteiger partial charge in [-0.1, -0.05) is 23.8 Å². The van der Waals surface area contributed by atoms with Gasteiger partial charge in [-0.25, -0.2) is 0 Å². The molecule has 0 radical (unpaired) electrons. The van der Waals surface area contributed by atoms with Crippen LogP contribution >= 0.6 is 0 Å². The number of aryl methyl sites for hydroxylation is 2. The molecule has 18 heavy (non-hydrogen) atoms. The fourth-order valence-electron chi connectivity index (χ4n) is 3.46. The highest BCUT2D eigenvalue weighted by Crippen LogP contribution is 2.40. The highest BCUT2D eigenvalue weighted by atomic mass is 16.2. The van der Waals surface area contributed by atoms with Crippen LogP contribution in [0.5, 0.6) is 0 Å². The lowest BCUT2D eigenvalue weighted by Crippen LogP contribution is -2.58. The summed E-state index contributed by atoms with van der Waals surface area (Å²) in [7, 11) is 0. The first kappa shape index (κ1) is 11.7. The number of carbonyl (C=O) groups excluding carboxylic acids is 1. The third kappa shape index (κ3) is 1.57. The third-order valence-corrected chi connectivity index (χ3v) is 4.27. The van der Waals surface area contributed by atoms with Crippen molar-refractivity contribution in [3.63, 3.8) is 0 Å². The van der Waals surface area contributed by atoms with Gasteiger partial charge in [0.15, 0.2) is 0 Å². The highest BCUT2D eigenvalue weighted by molar-refractivity contribution is 5.80. The zero-order valence-corrected chi connectivity index (χ0v) is 11.1. The SMILES string of the molecule is Cc1ccc(C23CCC(=O)N2CCCN3)c(C)c1. The summed E-state index contributed by atoms with van der Waals surface area (Å²) in [5.74, 6) is 0.294. The van der Waals surface area contributed by atoms with Crippen molar-refractivity contribution < 1.29 is 4.79 Å². The van der Waals surface area contributed by atoms with Crippen LogP contribution in [0.2, 0.25) is 0 Å². The number of fused-ring (bicyclic) bond motifs is 1. The number of carbonyl (C=O) groups is 1. The molecule has 0 saturated carbocycles. The maximum atomic E-state index is 12.1. The van der Waals surface area contributed by atoms with Gasteiger partial charge in [0.25, 0.3) is 0 Å². The maximum absolute atomic E-state index is 12.1. The molecule has 1 aromatic carbocycles. The van der Waals surface area contributed by atoms with Gasteiger partial charge in [0.1, 0.15) is 5.66 Å². The van der Waals surface area contributed by atoms with Gasteiger partial charge in [-0.2, -0.15) is 0 Å². The second kappa shape index (κ2) is 4.09. The summed E-state index contributed by atoms with van der Waals surface area (Å²) < 4.78 is 0. The van der Waals surface area contributed by atoms with Crippen LogP contribution in [-0.4, -0.2) is 23.9 Å². The predicted molar refractivity (Wildman–Crippen MR) is 71.2 cm³/mol. The van der Waals surface area contributed by atoms with Crippen molar-refractivity contribution in [2.45, 2.75) is 38.8 Å². The lowest BCUT2D eigenvalue weighted by atomic mass is 9.90. The van der Waals surface area contributed by atoms with Crippen molar-refractivity contribution in [2.75, 3.05) is 13.1 Å². The van der Waals surface area contributed by atoms with Gasteiger partial charge in [-0.05, 0) is 44.4 Å². The highest BCUT2D eigenvalue weighted by Gasteiger charge is 2.48. The second-order valence-corrected chi connectivity index (χ2v) is 5.50. The van der Waals surface area contributed by atoms with E-state index in [2.05, 4.69) is 37.4 Å². The first-order chi connectivity index (χ1) is 8.63. The largest absolute Gasteiger partial charge is 0.320 e. The van der Waals surface area contributed by atoms with Crippen LogP contribution in [0.3, 0.4) is 0 Å². The Morgan fingerprint density at radius 2 is 2.17 bits per heavy atom. The summed E-state index contributed by atoms with van der Waals surface area (Å²) in [4.78, 5) is 14.1. The summed E-state index contributed by atoms with van der Waals surface area (Å²) in [5.41, 5.74) is 3.61. The van der Waals surface area contributed by atoms with E-state index in [0.29, 0.717) is 12.3 Å². The summed E-state index contributed by atoms with van der Waals surface area (Å²) in [6.07, 6.45) is 2.62. The van der Waals surface area contributed by atoms with E-state index in [9.17, 15) is 4.79 Å². The van der Waals surface area contributed by atoms with Gasteiger partial charge in [0.2, 0.25) is 5.91 Å². The monoisotopic (exact) mass is 244 g/mol. The van der Waals surface area contributed by atoms with Crippen LogP contribution in [0.1, 0.15) is 36.0 Å². The Hall–Kier alpha value is -1.35. The summed E-state index contributed by atoms with van der Waals surface area (Å²) in [6, 6.07) is 6.55. The minimum Gasteiger partial charge on any atom is -0.320 e. The molecule has 0 bridgehead atoms. The van der Waals surface area contributed by atoms with Gasteiger partial charge in [-0.15, -0.1) is 0 Å². The smallest absolute Gasteiger partial charge is 0.224 e. The lowest BCUT2D eigenvalue weighted by molar-refractivity contribution is -0.133. The Morgan fingerprint density at radius 3 is 2.94 bits per heavy atom. The molecule has 2 saturated heterocycles. The predicted octanol–water partition coefficient (Wildman–Crippen LogP) is 2.07. The normalized spacial score (nSPS) is 27.4. The number of nitrogens with one attached hydrogen (secondary N) is 1. The fraction of sp³-hybridized carbons (Fsp3) is 0.533. The van der Waals surface area contributed by atoms with Gasteiger partial charge < -0.3 is 4.90 Å². The summed E-state index contributed by atoms with van der Waals surface area (Å²) in [6.45, 7) is 6.14. The van der Waals surface area contributed by atoms with Crippen molar-refractivity contribution in [2.24, 2.45) is 0 Å². The lowest BCUT2D eigenvalue weighted by Gasteiger charge is -2.44. The van der Waals surface area contributed by atoms with Crippen LogP contribution < -0.4 is 5.32 Å². The molecular weight excluding hydrogens is 224 g/mol. The number of hydrogen-bond donors (Lipinski definition) is 1. The van der Waals surface area contributed by atoms with E-state index in [1.54, 1.807) is 0 Å². The molecule has 1 atom stereocenters. The van der Waals surface area contributed by atoms with E-state index in [1.165, 1.54) is 16.7 Å². The molecule has 2 aliphatic rings. The number of benzene rings is 1. The van der Waals surface area contributed by atoms with Gasteiger partial charge in [-0.3, -0.25) is 10.1 Å². The average molecular weight is 244 g/mol. The molecule has 3 nitrogen and oxygen atoms in total. The van der Waals surface area contributed by atoms with Crippen molar-refractivity contribution in [1.82, 2.24) is 10.2 Å². The van der Waals surface area contributed by atoms with E-state index in [4.69, 9.17) is 0 Å². The standard InChI is InChI=1S/C15H20N2O/c1-11-4-5-13(12(2)10-11)15-7-6-14(18)17(15)9-3-8-16-15/h4-5,10,16H,3,6-9H2,1-2H3. The maximum Gasteiger partial charge on any atom is 0.224 e. The molecule has 3 heteroatoms. The number of hydrogen-bond acceptors (Lipinski definition) is 2.